The molecular formula is C26H24FN3O4S. The van der Waals surface area contributed by atoms with Gasteiger partial charge in [0.05, 0.1) is 19.9 Å². The lowest BCUT2D eigenvalue weighted by molar-refractivity contribution is 0.101. The number of para-hydroxylation sites is 1. The summed E-state index contributed by atoms with van der Waals surface area (Å²) in [6.07, 6.45) is 0. The molecule has 3 aromatic carbocycles. The predicted octanol–water partition coefficient (Wildman–Crippen LogP) is 5.50. The van der Waals surface area contributed by atoms with E-state index in [4.69, 9.17) is 14.2 Å². The van der Waals surface area contributed by atoms with Gasteiger partial charge in [0.15, 0.2) is 16.8 Å². The summed E-state index contributed by atoms with van der Waals surface area (Å²) < 4.78 is 32.9. The number of halogens is 1. The van der Waals surface area contributed by atoms with Gasteiger partial charge in [0.1, 0.15) is 29.7 Å². The number of ether oxygens (including phenoxy) is 3. The molecule has 180 valence electrons. The fourth-order valence-corrected chi connectivity index (χ4v) is 4.38. The lowest BCUT2D eigenvalue weighted by Gasteiger charge is -2.13. The molecule has 1 aromatic heterocycles. The third kappa shape index (κ3) is 5.63. The van der Waals surface area contributed by atoms with Crippen molar-refractivity contribution in [2.24, 2.45) is 0 Å². The fourth-order valence-electron chi connectivity index (χ4n) is 3.43. The van der Waals surface area contributed by atoms with Crippen molar-refractivity contribution in [2.75, 3.05) is 14.2 Å². The Morgan fingerprint density at radius 2 is 1.71 bits per heavy atom. The van der Waals surface area contributed by atoms with Crippen LogP contribution >= 0.6 is 11.8 Å². The Balaban J connectivity index is 1.62. The van der Waals surface area contributed by atoms with E-state index < -0.39 is 5.82 Å². The molecule has 0 aliphatic rings. The Hall–Kier alpha value is -3.85. The Labute approximate surface area is 206 Å². The minimum absolute atomic E-state index is 0.0357. The molecule has 4 aromatic rings. The van der Waals surface area contributed by atoms with E-state index in [1.807, 2.05) is 0 Å². The summed E-state index contributed by atoms with van der Waals surface area (Å²) >= 11 is 1.36. The van der Waals surface area contributed by atoms with Crippen molar-refractivity contribution in [3.05, 3.63) is 89.5 Å². The topological polar surface area (TPSA) is 75.5 Å². The maximum Gasteiger partial charge on any atom is 0.196 e. The number of rotatable bonds is 10. The van der Waals surface area contributed by atoms with Gasteiger partial charge in [0.25, 0.3) is 0 Å². The van der Waals surface area contributed by atoms with Crippen LogP contribution in [0.15, 0.2) is 71.9 Å². The number of nitrogens with zero attached hydrogens (tertiary/aromatic N) is 3. The van der Waals surface area contributed by atoms with Gasteiger partial charge in [-0.15, -0.1) is 10.2 Å². The zero-order valence-electron chi connectivity index (χ0n) is 19.5. The third-order valence-corrected chi connectivity index (χ3v) is 6.24. The van der Waals surface area contributed by atoms with Crippen molar-refractivity contribution in [3.63, 3.8) is 0 Å². The number of hydrogen-bond acceptors (Lipinski definition) is 7. The lowest BCUT2D eigenvalue weighted by atomic mass is 10.1. The molecule has 7 nitrogen and oxygen atoms in total. The van der Waals surface area contributed by atoms with Crippen LogP contribution in [0, 0.1) is 5.82 Å². The predicted molar refractivity (Wildman–Crippen MR) is 131 cm³/mol. The van der Waals surface area contributed by atoms with E-state index in [2.05, 4.69) is 10.2 Å². The van der Waals surface area contributed by atoms with Crippen LogP contribution in [0.3, 0.4) is 0 Å². The van der Waals surface area contributed by atoms with Crippen LogP contribution in [-0.2, 0) is 12.4 Å². The Morgan fingerprint density at radius 1 is 0.971 bits per heavy atom. The third-order valence-electron chi connectivity index (χ3n) is 5.26. The molecule has 9 heteroatoms. The standard InChI is InChI=1S/C26H24FN3O4S/c1-17(31)18-8-13-24(33-3)19(14-18)16-35-26-29-28-25(30(26)23-7-5-4-6-22(23)27)15-34-21-11-9-20(32-2)10-12-21/h4-14H,15-16H2,1-3H3. The molecule has 0 saturated carbocycles. The van der Waals surface area contributed by atoms with Gasteiger partial charge in [-0.3, -0.25) is 9.36 Å². The number of methoxy groups -OCH3 is 2. The number of Topliss-reactive ketones (excluding diaryl/α,β-unsaturated/α-hetero) is 1. The van der Waals surface area contributed by atoms with Gasteiger partial charge in [0, 0.05) is 16.9 Å². The van der Waals surface area contributed by atoms with Crippen LogP contribution in [-0.4, -0.2) is 34.8 Å². The number of carbonyl (C=O) groups is 1. The first kappa shape index (κ1) is 24.3. The summed E-state index contributed by atoms with van der Waals surface area (Å²) in [6.45, 7) is 1.60. The molecule has 0 fully saturated rings. The second-order valence-electron chi connectivity index (χ2n) is 7.52. The highest BCUT2D eigenvalue weighted by Gasteiger charge is 2.19. The summed E-state index contributed by atoms with van der Waals surface area (Å²) in [7, 11) is 3.17. The van der Waals surface area contributed by atoms with E-state index in [0.717, 1.165) is 11.3 Å². The molecule has 0 N–H and O–H groups in total. The molecule has 0 atom stereocenters. The van der Waals surface area contributed by atoms with E-state index in [-0.39, 0.29) is 12.4 Å². The van der Waals surface area contributed by atoms with Crippen molar-refractivity contribution in [1.82, 2.24) is 14.8 Å². The monoisotopic (exact) mass is 493 g/mol. The molecule has 0 aliphatic carbocycles. The molecule has 35 heavy (non-hydrogen) atoms. The van der Waals surface area contributed by atoms with Gasteiger partial charge >= 0.3 is 0 Å². The first-order chi connectivity index (χ1) is 17.0. The molecule has 0 unspecified atom stereocenters. The molecule has 0 bridgehead atoms. The average Bonchev–Trinajstić information content (AvgIpc) is 3.29. The number of aromatic nitrogens is 3. The Bertz CT molecular complexity index is 1320. The largest absolute Gasteiger partial charge is 0.497 e. The van der Waals surface area contributed by atoms with E-state index in [1.54, 1.807) is 79.5 Å². The fraction of sp³-hybridized carbons (Fsp3) is 0.192. The zero-order chi connectivity index (χ0) is 24.8. The molecule has 0 spiro atoms. The highest BCUT2D eigenvalue weighted by Crippen LogP contribution is 2.31. The van der Waals surface area contributed by atoms with Gasteiger partial charge in [0.2, 0.25) is 0 Å². The van der Waals surface area contributed by atoms with Crippen molar-refractivity contribution in [2.45, 2.75) is 24.4 Å². The van der Waals surface area contributed by atoms with E-state index in [1.165, 1.54) is 24.8 Å². The van der Waals surface area contributed by atoms with Crippen molar-refractivity contribution >= 4 is 17.5 Å². The van der Waals surface area contributed by atoms with Crippen LogP contribution < -0.4 is 14.2 Å². The van der Waals surface area contributed by atoms with Gasteiger partial charge in [-0.25, -0.2) is 4.39 Å². The van der Waals surface area contributed by atoms with Crippen LogP contribution in [0.25, 0.3) is 5.69 Å². The SMILES string of the molecule is COc1ccc(OCc2nnc(SCc3cc(C(C)=O)ccc3OC)n2-c2ccccc2F)cc1. The smallest absolute Gasteiger partial charge is 0.196 e. The van der Waals surface area contributed by atoms with Crippen molar-refractivity contribution < 1.29 is 23.4 Å². The average molecular weight is 494 g/mol. The maximum atomic E-state index is 14.8. The van der Waals surface area contributed by atoms with Crippen LogP contribution in [0.4, 0.5) is 4.39 Å². The zero-order valence-corrected chi connectivity index (χ0v) is 20.3. The van der Waals surface area contributed by atoms with Gasteiger partial charge in [-0.1, -0.05) is 23.9 Å². The summed E-state index contributed by atoms with van der Waals surface area (Å²) in [4.78, 5) is 11.8. The van der Waals surface area contributed by atoms with Gasteiger partial charge in [-0.2, -0.15) is 0 Å². The first-order valence-electron chi connectivity index (χ1n) is 10.8. The highest BCUT2D eigenvalue weighted by molar-refractivity contribution is 7.98. The molecule has 0 saturated heterocycles. The van der Waals surface area contributed by atoms with Gasteiger partial charge in [-0.05, 0) is 61.5 Å². The summed E-state index contributed by atoms with van der Waals surface area (Å²) in [5.41, 5.74) is 1.73. The number of hydrogen-bond donors (Lipinski definition) is 0. The first-order valence-corrected chi connectivity index (χ1v) is 11.8. The molecule has 1 heterocycles. The van der Waals surface area contributed by atoms with Gasteiger partial charge < -0.3 is 14.2 Å². The second kappa shape index (κ2) is 11.1. The summed E-state index contributed by atoms with van der Waals surface area (Å²) in [5.74, 6) is 2.43. The van der Waals surface area contributed by atoms with Crippen molar-refractivity contribution in [3.8, 4) is 22.9 Å². The number of ketones is 1. The minimum Gasteiger partial charge on any atom is -0.497 e. The number of thioether (sulfide) groups is 1. The molecule has 0 radical (unpaired) electrons. The van der Waals surface area contributed by atoms with Crippen LogP contribution in [0.5, 0.6) is 17.2 Å². The van der Waals surface area contributed by atoms with Crippen LogP contribution in [0.1, 0.15) is 28.7 Å². The van der Waals surface area contributed by atoms with E-state index in [0.29, 0.717) is 39.5 Å². The normalized spacial score (nSPS) is 10.7. The quantitative estimate of drug-likeness (QED) is 0.213. The highest BCUT2D eigenvalue weighted by atomic mass is 32.2. The Kier molecular flexibility index (Phi) is 7.67. The summed E-state index contributed by atoms with van der Waals surface area (Å²) in [5, 5.41) is 9.06. The molecule has 4 rings (SSSR count). The molecule has 0 amide bonds. The number of benzene rings is 3. The van der Waals surface area contributed by atoms with E-state index >= 15 is 0 Å². The van der Waals surface area contributed by atoms with Crippen LogP contribution in [0.2, 0.25) is 0 Å². The van der Waals surface area contributed by atoms with Crippen molar-refractivity contribution in [1.29, 1.82) is 0 Å². The second-order valence-corrected chi connectivity index (χ2v) is 8.46. The van der Waals surface area contributed by atoms with E-state index in [9.17, 15) is 9.18 Å². The summed E-state index contributed by atoms with van der Waals surface area (Å²) in [6, 6.07) is 18.9. The minimum atomic E-state index is -0.406. The number of carbonyl (C=O) groups excluding carboxylic acids is 1. The Morgan fingerprint density at radius 3 is 2.40 bits per heavy atom. The maximum absolute atomic E-state index is 14.8. The molecule has 0 aliphatic heterocycles. The molecular weight excluding hydrogens is 469 g/mol. The lowest BCUT2D eigenvalue weighted by Crippen LogP contribution is -2.08.